The van der Waals surface area contributed by atoms with Crippen LogP contribution in [-0.4, -0.2) is 77.5 Å². The Balaban J connectivity index is 1.49. The molecule has 0 aliphatic carbocycles. The minimum atomic E-state index is -0.0544. The van der Waals surface area contributed by atoms with E-state index < -0.39 is 0 Å². The van der Waals surface area contributed by atoms with Gasteiger partial charge in [0.25, 0.3) is 5.91 Å². The van der Waals surface area contributed by atoms with Gasteiger partial charge in [0.1, 0.15) is 23.0 Å². The number of nitrogens with one attached hydrogen (secondary N) is 1. The van der Waals surface area contributed by atoms with Gasteiger partial charge in [-0.15, -0.1) is 0 Å². The van der Waals surface area contributed by atoms with Crippen LogP contribution in [0.25, 0.3) is 11.3 Å². The summed E-state index contributed by atoms with van der Waals surface area (Å²) in [5.74, 6) is 2.82. The number of hydrogen-bond acceptors (Lipinski definition) is 8. The fourth-order valence-electron chi connectivity index (χ4n) is 4.05. The molecule has 4 rings (SSSR count). The van der Waals surface area contributed by atoms with Crippen LogP contribution in [-0.2, 0) is 7.05 Å². The number of carbonyl (C=O) groups is 1. The molecular weight excluding hydrogens is 434 g/mol. The standard InChI is InChI=1S/C24H31N7O3/c1-6-25-22-13-16(2)26-24(27-22)31-11-9-30(10-12-31)23(32)20-15-19(28-29(20)3)18-14-17(33-4)7-8-21(18)34-5/h7-8,13-15H,6,9-12H2,1-5H3,(H,25,26,27). The highest BCUT2D eigenvalue weighted by Gasteiger charge is 2.26. The normalized spacial score (nSPS) is 13.7. The number of methoxy groups -OCH3 is 2. The van der Waals surface area contributed by atoms with Crippen molar-refractivity contribution in [2.45, 2.75) is 13.8 Å². The van der Waals surface area contributed by atoms with E-state index in [1.807, 2.05) is 43.0 Å². The molecule has 1 amide bonds. The van der Waals surface area contributed by atoms with Gasteiger partial charge in [-0.3, -0.25) is 9.48 Å². The molecule has 0 bridgehead atoms. The van der Waals surface area contributed by atoms with Crippen LogP contribution >= 0.6 is 0 Å². The van der Waals surface area contributed by atoms with Crippen LogP contribution in [0.1, 0.15) is 23.1 Å². The number of anilines is 2. The average Bonchev–Trinajstić information content (AvgIpc) is 3.24. The lowest BCUT2D eigenvalue weighted by Crippen LogP contribution is -2.49. The monoisotopic (exact) mass is 465 g/mol. The molecule has 1 aliphatic rings. The smallest absolute Gasteiger partial charge is 0.272 e. The van der Waals surface area contributed by atoms with Crippen LogP contribution in [0, 0.1) is 6.92 Å². The number of piperazine rings is 1. The lowest BCUT2D eigenvalue weighted by atomic mass is 10.1. The Morgan fingerprint density at radius 3 is 2.50 bits per heavy atom. The zero-order chi connectivity index (χ0) is 24.2. The third-order valence-electron chi connectivity index (χ3n) is 5.83. The van der Waals surface area contributed by atoms with E-state index in [4.69, 9.17) is 9.47 Å². The minimum absolute atomic E-state index is 0.0544. The highest BCUT2D eigenvalue weighted by molar-refractivity contribution is 5.94. The Hall–Kier alpha value is -3.82. The van der Waals surface area contributed by atoms with Gasteiger partial charge in [0, 0.05) is 57.1 Å². The summed E-state index contributed by atoms with van der Waals surface area (Å²) in [6.45, 7) is 7.28. The van der Waals surface area contributed by atoms with Crippen LogP contribution in [0.3, 0.4) is 0 Å². The molecule has 0 unspecified atom stereocenters. The van der Waals surface area contributed by atoms with Gasteiger partial charge in [-0.05, 0) is 38.1 Å². The fraction of sp³-hybridized carbons (Fsp3) is 0.417. The summed E-state index contributed by atoms with van der Waals surface area (Å²) in [7, 11) is 5.00. The van der Waals surface area contributed by atoms with E-state index in [2.05, 4.69) is 25.3 Å². The summed E-state index contributed by atoms with van der Waals surface area (Å²) in [4.78, 5) is 26.5. The second-order valence-corrected chi connectivity index (χ2v) is 8.11. The number of aryl methyl sites for hydroxylation is 2. The van der Waals surface area contributed by atoms with E-state index in [-0.39, 0.29) is 5.91 Å². The number of hydrogen-bond donors (Lipinski definition) is 1. The Morgan fingerprint density at radius 2 is 1.82 bits per heavy atom. The Morgan fingerprint density at radius 1 is 1.06 bits per heavy atom. The quantitative estimate of drug-likeness (QED) is 0.569. The molecule has 0 atom stereocenters. The first-order valence-electron chi connectivity index (χ1n) is 11.3. The summed E-state index contributed by atoms with van der Waals surface area (Å²) in [5.41, 5.74) is 2.86. The predicted molar refractivity (Wildman–Crippen MR) is 131 cm³/mol. The summed E-state index contributed by atoms with van der Waals surface area (Å²) < 4.78 is 12.5. The summed E-state index contributed by atoms with van der Waals surface area (Å²) in [5, 5.41) is 7.82. The molecule has 10 heteroatoms. The lowest BCUT2D eigenvalue weighted by Gasteiger charge is -2.34. The van der Waals surface area contributed by atoms with Crippen molar-refractivity contribution in [1.29, 1.82) is 0 Å². The topological polar surface area (TPSA) is 97.6 Å². The molecule has 0 radical (unpaired) electrons. The number of amides is 1. The van der Waals surface area contributed by atoms with E-state index in [1.165, 1.54) is 0 Å². The number of benzene rings is 1. The van der Waals surface area contributed by atoms with Gasteiger partial charge >= 0.3 is 0 Å². The average molecular weight is 466 g/mol. The predicted octanol–water partition coefficient (Wildman–Crippen LogP) is 2.60. The van der Waals surface area contributed by atoms with Gasteiger partial charge in [-0.25, -0.2) is 4.98 Å². The van der Waals surface area contributed by atoms with E-state index in [0.29, 0.717) is 55.0 Å². The van der Waals surface area contributed by atoms with Crippen molar-refractivity contribution in [3.63, 3.8) is 0 Å². The zero-order valence-corrected chi connectivity index (χ0v) is 20.3. The first kappa shape index (κ1) is 23.3. The second-order valence-electron chi connectivity index (χ2n) is 8.11. The first-order chi connectivity index (χ1) is 16.4. The molecule has 0 saturated carbocycles. The van der Waals surface area contributed by atoms with Crippen molar-refractivity contribution >= 4 is 17.7 Å². The zero-order valence-electron chi connectivity index (χ0n) is 20.3. The van der Waals surface area contributed by atoms with Gasteiger partial charge < -0.3 is 24.6 Å². The van der Waals surface area contributed by atoms with E-state index in [9.17, 15) is 4.79 Å². The second kappa shape index (κ2) is 9.98. The first-order valence-corrected chi connectivity index (χ1v) is 11.3. The highest BCUT2D eigenvalue weighted by atomic mass is 16.5. The van der Waals surface area contributed by atoms with E-state index in [1.54, 1.807) is 32.0 Å². The van der Waals surface area contributed by atoms with Crippen LogP contribution in [0.2, 0.25) is 0 Å². The van der Waals surface area contributed by atoms with Crippen LogP contribution in [0.5, 0.6) is 11.5 Å². The van der Waals surface area contributed by atoms with Crippen molar-refractivity contribution < 1.29 is 14.3 Å². The molecule has 3 aromatic rings. The van der Waals surface area contributed by atoms with Gasteiger partial charge in [0.2, 0.25) is 5.95 Å². The van der Waals surface area contributed by atoms with Gasteiger partial charge in [0.05, 0.1) is 19.9 Å². The van der Waals surface area contributed by atoms with Gasteiger partial charge in [-0.1, -0.05) is 0 Å². The van der Waals surface area contributed by atoms with Crippen molar-refractivity contribution in [1.82, 2.24) is 24.6 Å². The van der Waals surface area contributed by atoms with Crippen molar-refractivity contribution in [2.75, 3.05) is 57.2 Å². The van der Waals surface area contributed by atoms with Gasteiger partial charge in [0.15, 0.2) is 0 Å². The minimum Gasteiger partial charge on any atom is -0.497 e. The molecule has 1 aromatic carbocycles. The number of ether oxygens (including phenoxy) is 2. The Bertz CT molecular complexity index is 1170. The van der Waals surface area contributed by atoms with Crippen molar-refractivity contribution in [3.8, 4) is 22.8 Å². The molecule has 1 aliphatic heterocycles. The van der Waals surface area contributed by atoms with Crippen LogP contribution in [0.15, 0.2) is 30.3 Å². The number of rotatable bonds is 7. The Labute approximate surface area is 199 Å². The van der Waals surface area contributed by atoms with Gasteiger partial charge in [-0.2, -0.15) is 10.1 Å². The number of nitrogens with zero attached hydrogens (tertiary/aromatic N) is 6. The molecule has 34 heavy (non-hydrogen) atoms. The number of aromatic nitrogens is 4. The molecule has 10 nitrogen and oxygen atoms in total. The fourth-order valence-corrected chi connectivity index (χ4v) is 4.05. The SMILES string of the molecule is CCNc1cc(C)nc(N2CCN(C(=O)c3cc(-c4cc(OC)ccc4OC)nn3C)CC2)n1. The molecular formula is C24H31N7O3. The third kappa shape index (κ3) is 4.75. The largest absolute Gasteiger partial charge is 0.497 e. The maximum absolute atomic E-state index is 13.3. The number of carbonyl (C=O) groups excluding carboxylic acids is 1. The molecule has 1 N–H and O–H groups in total. The maximum atomic E-state index is 13.3. The lowest BCUT2D eigenvalue weighted by molar-refractivity contribution is 0.0735. The summed E-state index contributed by atoms with van der Waals surface area (Å²) in [6, 6.07) is 9.26. The molecule has 2 aromatic heterocycles. The highest BCUT2D eigenvalue weighted by Crippen LogP contribution is 2.33. The molecule has 1 fully saturated rings. The maximum Gasteiger partial charge on any atom is 0.272 e. The Kier molecular flexibility index (Phi) is 6.85. The summed E-state index contributed by atoms with van der Waals surface area (Å²) in [6.07, 6.45) is 0. The van der Waals surface area contributed by atoms with Crippen molar-refractivity contribution in [2.24, 2.45) is 7.05 Å². The third-order valence-corrected chi connectivity index (χ3v) is 5.83. The summed E-state index contributed by atoms with van der Waals surface area (Å²) >= 11 is 0. The molecule has 180 valence electrons. The molecule has 3 heterocycles. The van der Waals surface area contributed by atoms with Crippen LogP contribution < -0.4 is 19.7 Å². The van der Waals surface area contributed by atoms with Crippen LogP contribution in [0.4, 0.5) is 11.8 Å². The molecule has 0 spiro atoms. The van der Waals surface area contributed by atoms with E-state index in [0.717, 1.165) is 23.6 Å². The van der Waals surface area contributed by atoms with E-state index >= 15 is 0 Å². The molecule has 1 saturated heterocycles. The van der Waals surface area contributed by atoms with Crippen molar-refractivity contribution in [3.05, 3.63) is 41.7 Å².